The third-order valence-electron chi connectivity index (χ3n) is 5.13. The maximum absolute atomic E-state index is 9.34. The van der Waals surface area contributed by atoms with E-state index < -0.39 is 0 Å². The van der Waals surface area contributed by atoms with Crippen LogP contribution in [0.25, 0.3) is 10.8 Å². The zero-order valence-corrected chi connectivity index (χ0v) is 13.7. The van der Waals surface area contributed by atoms with E-state index in [-0.39, 0.29) is 0 Å². The summed E-state index contributed by atoms with van der Waals surface area (Å²) in [7, 11) is 0. The fourth-order valence-electron chi connectivity index (χ4n) is 3.86. The molecule has 3 aromatic carbocycles. The number of fused-ring (bicyclic) bond motifs is 1. The molecule has 0 N–H and O–H groups in total. The molecule has 0 saturated carbocycles. The molecule has 0 spiro atoms. The van der Waals surface area contributed by atoms with Crippen LogP contribution in [0.15, 0.2) is 66.7 Å². The van der Waals surface area contributed by atoms with Crippen molar-refractivity contribution >= 4 is 16.5 Å². The van der Waals surface area contributed by atoms with Crippen LogP contribution in [0.3, 0.4) is 0 Å². The topological polar surface area (TPSA) is 27.0 Å². The van der Waals surface area contributed by atoms with Gasteiger partial charge in [-0.3, -0.25) is 0 Å². The highest BCUT2D eigenvalue weighted by atomic mass is 15.1. The molecule has 4 rings (SSSR count). The Bertz CT molecular complexity index is 885. The first-order valence-electron chi connectivity index (χ1n) is 8.58. The average Bonchev–Trinajstić information content (AvgIpc) is 2.68. The monoisotopic (exact) mass is 312 g/mol. The molecule has 118 valence electrons. The zero-order chi connectivity index (χ0) is 16.4. The number of hydrogen-bond acceptors (Lipinski definition) is 2. The van der Waals surface area contributed by atoms with Crippen molar-refractivity contribution in [2.75, 3.05) is 18.0 Å². The Hall–Kier alpha value is -2.79. The van der Waals surface area contributed by atoms with Gasteiger partial charge in [0.05, 0.1) is 11.6 Å². The summed E-state index contributed by atoms with van der Waals surface area (Å²) < 4.78 is 0. The molecule has 24 heavy (non-hydrogen) atoms. The third kappa shape index (κ3) is 2.63. The molecule has 1 fully saturated rings. The van der Waals surface area contributed by atoms with E-state index in [1.54, 1.807) is 0 Å². The summed E-state index contributed by atoms with van der Waals surface area (Å²) in [5, 5.41) is 11.7. The van der Waals surface area contributed by atoms with E-state index in [1.165, 1.54) is 16.6 Å². The van der Waals surface area contributed by atoms with Gasteiger partial charge in [0.1, 0.15) is 0 Å². The SMILES string of the molecule is N#Cc1ccc(C2CCN(c3ccccc3)CC2)c2ccccc12. The molecule has 0 radical (unpaired) electrons. The molecular formula is C22H20N2. The van der Waals surface area contributed by atoms with E-state index in [0.29, 0.717) is 5.92 Å². The van der Waals surface area contributed by atoms with E-state index in [1.807, 2.05) is 12.1 Å². The number of para-hydroxylation sites is 1. The summed E-state index contributed by atoms with van der Waals surface area (Å²) >= 11 is 0. The van der Waals surface area contributed by atoms with Gasteiger partial charge in [0.25, 0.3) is 0 Å². The van der Waals surface area contributed by atoms with Gasteiger partial charge in [0.15, 0.2) is 0 Å². The molecule has 1 aliphatic heterocycles. The fourth-order valence-corrected chi connectivity index (χ4v) is 3.86. The molecule has 3 aromatic rings. The minimum atomic E-state index is 0.572. The highest BCUT2D eigenvalue weighted by molar-refractivity contribution is 5.91. The van der Waals surface area contributed by atoms with Crippen molar-refractivity contribution < 1.29 is 0 Å². The molecule has 0 unspecified atom stereocenters. The van der Waals surface area contributed by atoms with Gasteiger partial charge in [-0.05, 0) is 53.3 Å². The summed E-state index contributed by atoms with van der Waals surface area (Å²) in [4.78, 5) is 2.47. The van der Waals surface area contributed by atoms with Gasteiger partial charge in [-0.25, -0.2) is 0 Å². The molecule has 0 amide bonds. The van der Waals surface area contributed by atoms with Crippen LogP contribution in [-0.2, 0) is 0 Å². The molecule has 2 nitrogen and oxygen atoms in total. The van der Waals surface area contributed by atoms with Crippen LogP contribution in [0, 0.1) is 11.3 Å². The number of nitriles is 1. The molecule has 0 aromatic heterocycles. The van der Waals surface area contributed by atoms with E-state index in [2.05, 4.69) is 65.6 Å². The lowest BCUT2D eigenvalue weighted by Gasteiger charge is -2.34. The second-order valence-corrected chi connectivity index (χ2v) is 6.46. The van der Waals surface area contributed by atoms with Crippen LogP contribution in [0.2, 0.25) is 0 Å². The van der Waals surface area contributed by atoms with E-state index in [9.17, 15) is 5.26 Å². The molecule has 2 heteroatoms. The minimum absolute atomic E-state index is 0.572. The van der Waals surface area contributed by atoms with Crippen molar-refractivity contribution in [1.82, 2.24) is 0 Å². The van der Waals surface area contributed by atoms with Gasteiger partial charge in [-0.15, -0.1) is 0 Å². The van der Waals surface area contributed by atoms with Gasteiger partial charge in [-0.1, -0.05) is 48.5 Å². The molecular weight excluding hydrogens is 292 g/mol. The van der Waals surface area contributed by atoms with E-state index >= 15 is 0 Å². The van der Waals surface area contributed by atoms with Crippen LogP contribution in [0.5, 0.6) is 0 Å². The number of rotatable bonds is 2. The summed E-state index contributed by atoms with van der Waals surface area (Å²) in [6, 6.07) is 25.5. The first-order chi connectivity index (χ1) is 11.9. The zero-order valence-electron chi connectivity index (χ0n) is 13.7. The molecule has 1 saturated heterocycles. The molecule has 1 heterocycles. The van der Waals surface area contributed by atoms with E-state index in [0.717, 1.165) is 36.9 Å². The Morgan fingerprint density at radius 3 is 2.17 bits per heavy atom. The lowest BCUT2D eigenvalue weighted by atomic mass is 9.85. The maximum Gasteiger partial charge on any atom is 0.0998 e. The third-order valence-corrected chi connectivity index (χ3v) is 5.13. The van der Waals surface area contributed by atoms with Gasteiger partial charge in [0.2, 0.25) is 0 Å². The van der Waals surface area contributed by atoms with Crippen molar-refractivity contribution in [3.05, 3.63) is 77.9 Å². The standard InChI is InChI=1S/C22H20N2/c23-16-18-10-11-21(22-9-5-4-8-20(18)22)17-12-14-24(15-13-17)19-6-2-1-3-7-19/h1-11,17H,12-15H2. The van der Waals surface area contributed by atoms with Crippen LogP contribution in [0.4, 0.5) is 5.69 Å². The lowest BCUT2D eigenvalue weighted by Crippen LogP contribution is -2.32. The largest absolute Gasteiger partial charge is 0.371 e. The van der Waals surface area contributed by atoms with Gasteiger partial charge in [-0.2, -0.15) is 5.26 Å². The predicted octanol–water partition coefficient (Wildman–Crippen LogP) is 5.10. The number of hydrogen-bond donors (Lipinski definition) is 0. The number of nitrogens with zero attached hydrogens (tertiary/aromatic N) is 2. The normalized spacial score (nSPS) is 15.4. The van der Waals surface area contributed by atoms with Crippen molar-refractivity contribution in [1.29, 1.82) is 5.26 Å². The quantitative estimate of drug-likeness (QED) is 0.658. The maximum atomic E-state index is 9.34. The van der Waals surface area contributed by atoms with Crippen LogP contribution < -0.4 is 4.90 Å². The van der Waals surface area contributed by atoms with Crippen LogP contribution in [0.1, 0.15) is 29.9 Å². The number of anilines is 1. The lowest BCUT2D eigenvalue weighted by molar-refractivity contribution is 0.508. The molecule has 0 bridgehead atoms. The summed E-state index contributed by atoms with van der Waals surface area (Å²) in [5.74, 6) is 0.572. The van der Waals surface area contributed by atoms with Gasteiger partial charge < -0.3 is 4.90 Å². The summed E-state index contributed by atoms with van der Waals surface area (Å²) in [5.41, 5.74) is 3.49. The van der Waals surface area contributed by atoms with Gasteiger partial charge in [0, 0.05) is 18.8 Å². The van der Waals surface area contributed by atoms with Crippen molar-refractivity contribution in [3.8, 4) is 6.07 Å². The molecule has 0 aliphatic carbocycles. The smallest absolute Gasteiger partial charge is 0.0998 e. The Morgan fingerprint density at radius 2 is 1.46 bits per heavy atom. The Kier molecular flexibility index (Phi) is 3.92. The second-order valence-electron chi connectivity index (χ2n) is 6.46. The Balaban J connectivity index is 1.61. The first kappa shape index (κ1) is 14.8. The van der Waals surface area contributed by atoms with Gasteiger partial charge >= 0.3 is 0 Å². The average molecular weight is 312 g/mol. The van der Waals surface area contributed by atoms with Crippen molar-refractivity contribution in [2.45, 2.75) is 18.8 Å². The number of piperidine rings is 1. The van der Waals surface area contributed by atoms with Crippen LogP contribution >= 0.6 is 0 Å². The molecule has 1 aliphatic rings. The van der Waals surface area contributed by atoms with Crippen molar-refractivity contribution in [2.24, 2.45) is 0 Å². The second kappa shape index (κ2) is 6.37. The first-order valence-corrected chi connectivity index (χ1v) is 8.58. The Morgan fingerprint density at radius 1 is 0.792 bits per heavy atom. The van der Waals surface area contributed by atoms with Crippen molar-refractivity contribution in [3.63, 3.8) is 0 Å². The summed E-state index contributed by atoms with van der Waals surface area (Å²) in [6.45, 7) is 2.17. The fraction of sp³-hybridized carbons (Fsp3) is 0.227. The number of benzene rings is 3. The Labute approximate surface area is 143 Å². The minimum Gasteiger partial charge on any atom is -0.371 e. The van der Waals surface area contributed by atoms with Crippen LogP contribution in [-0.4, -0.2) is 13.1 Å². The van der Waals surface area contributed by atoms with E-state index in [4.69, 9.17) is 0 Å². The highest BCUT2D eigenvalue weighted by Gasteiger charge is 2.22. The predicted molar refractivity (Wildman–Crippen MR) is 99.3 cm³/mol. The molecule has 0 atom stereocenters. The summed E-state index contributed by atoms with van der Waals surface area (Å²) in [6.07, 6.45) is 2.32. The highest BCUT2D eigenvalue weighted by Crippen LogP contribution is 2.35.